The normalized spacial score (nSPS) is 14.4. The van der Waals surface area contributed by atoms with E-state index in [9.17, 15) is 13.2 Å². The van der Waals surface area contributed by atoms with Gasteiger partial charge in [-0.3, -0.25) is 4.31 Å². The minimum absolute atomic E-state index is 0.193. The zero-order valence-corrected chi connectivity index (χ0v) is 14.7. The van der Waals surface area contributed by atoms with Gasteiger partial charge in [0.2, 0.25) is 0 Å². The fraction of sp³-hybridized carbons (Fsp3) is 0.267. The van der Waals surface area contributed by atoms with E-state index in [-0.39, 0.29) is 4.21 Å². The van der Waals surface area contributed by atoms with Gasteiger partial charge in [-0.2, -0.15) is 0 Å². The van der Waals surface area contributed by atoms with Gasteiger partial charge in [0.25, 0.3) is 10.0 Å². The molecule has 0 N–H and O–H groups in total. The van der Waals surface area contributed by atoms with Crippen molar-refractivity contribution in [3.8, 4) is 0 Å². The summed E-state index contributed by atoms with van der Waals surface area (Å²) in [7, 11) is -2.38. The molecule has 0 unspecified atom stereocenters. The summed E-state index contributed by atoms with van der Waals surface area (Å²) in [6.07, 6.45) is 1.27. The van der Waals surface area contributed by atoms with Crippen molar-refractivity contribution in [2.45, 2.75) is 17.1 Å². The van der Waals surface area contributed by atoms with Gasteiger partial charge in [-0.1, -0.05) is 17.7 Å². The molecule has 0 spiro atoms. The first-order valence-corrected chi connectivity index (χ1v) is 9.57. The number of fused-ring (bicyclic) bond motifs is 1. The van der Waals surface area contributed by atoms with E-state index in [1.807, 2.05) is 0 Å². The number of carbonyl (C=O) groups is 1. The second-order valence-electron chi connectivity index (χ2n) is 5.03. The number of carbonyl (C=O) groups excluding carboxylic acids is 1. The van der Waals surface area contributed by atoms with Crippen LogP contribution in [-0.4, -0.2) is 28.0 Å². The van der Waals surface area contributed by atoms with E-state index in [1.54, 1.807) is 24.3 Å². The van der Waals surface area contributed by atoms with Crippen LogP contribution >= 0.6 is 22.9 Å². The molecule has 1 aromatic carbocycles. The van der Waals surface area contributed by atoms with E-state index in [4.69, 9.17) is 16.3 Å². The van der Waals surface area contributed by atoms with Crippen molar-refractivity contribution in [2.75, 3.05) is 18.0 Å². The molecule has 8 heteroatoms. The Kier molecular flexibility index (Phi) is 4.35. The van der Waals surface area contributed by atoms with Gasteiger partial charge in [0.1, 0.15) is 4.21 Å². The summed E-state index contributed by atoms with van der Waals surface area (Å²) < 4.78 is 32.5. The molecule has 0 saturated heterocycles. The van der Waals surface area contributed by atoms with Gasteiger partial charge < -0.3 is 4.74 Å². The van der Waals surface area contributed by atoms with Crippen LogP contribution in [0.2, 0.25) is 4.34 Å². The minimum atomic E-state index is -3.69. The molecule has 5 nitrogen and oxygen atoms in total. The molecule has 1 aromatic heterocycles. The zero-order chi connectivity index (χ0) is 16.6. The average molecular weight is 372 g/mol. The molecule has 2 aromatic rings. The second-order valence-corrected chi connectivity index (χ2v) is 8.84. The third kappa shape index (κ3) is 2.84. The Morgan fingerprint density at radius 2 is 2.09 bits per heavy atom. The van der Waals surface area contributed by atoms with Crippen molar-refractivity contribution in [1.29, 1.82) is 0 Å². The predicted octanol–water partition coefficient (Wildman–Crippen LogP) is 3.33. The van der Waals surface area contributed by atoms with Gasteiger partial charge in [-0.05, 0) is 42.7 Å². The average Bonchev–Trinajstić information content (AvgIpc) is 3.00. The van der Waals surface area contributed by atoms with Crippen molar-refractivity contribution in [1.82, 2.24) is 0 Å². The van der Waals surface area contributed by atoms with E-state index >= 15 is 0 Å². The summed E-state index contributed by atoms with van der Waals surface area (Å²) in [4.78, 5) is 11.9. The molecule has 0 saturated carbocycles. The lowest BCUT2D eigenvalue weighted by Gasteiger charge is -2.30. The molecule has 0 bridgehead atoms. The topological polar surface area (TPSA) is 63.7 Å². The van der Waals surface area contributed by atoms with Crippen molar-refractivity contribution in [3.05, 3.63) is 45.8 Å². The van der Waals surface area contributed by atoms with Crippen LogP contribution in [0.5, 0.6) is 0 Å². The van der Waals surface area contributed by atoms with Crippen LogP contribution < -0.4 is 4.31 Å². The highest BCUT2D eigenvalue weighted by Gasteiger charge is 2.32. The van der Waals surface area contributed by atoms with Gasteiger partial charge in [-0.15, -0.1) is 11.3 Å². The van der Waals surface area contributed by atoms with Crippen LogP contribution in [0.15, 0.2) is 34.5 Å². The lowest BCUT2D eigenvalue weighted by atomic mass is 9.98. The van der Waals surface area contributed by atoms with Crippen LogP contribution in [0.4, 0.5) is 5.69 Å². The summed E-state index contributed by atoms with van der Waals surface area (Å²) in [6.45, 7) is 0.371. The van der Waals surface area contributed by atoms with Crippen molar-refractivity contribution in [3.63, 3.8) is 0 Å². The summed E-state index contributed by atoms with van der Waals surface area (Å²) >= 11 is 6.89. The van der Waals surface area contributed by atoms with E-state index < -0.39 is 16.0 Å². The first-order valence-electron chi connectivity index (χ1n) is 6.93. The van der Waals surface area contributed by atoms with Gasteiger partial charge in [0, 0.05) is 6.54 Å². The van der Waals surface area contributed by atoms with Crippen LogP contribution in [0, 0.1) is 0 Å². The first-order chi connectivity index (χ1) is 10.9. The van der Waals surface area contributed by atoms with Crippen LogP contribution in [0.1, 0.15) is 22.3 Å². The van der Waals surface area contributed by atoms with E-state index in [0.717, 1.165) is 11.3 Å². The molecular weight excluding hydrogens is 358 g/mol. The molecule has 1 aliphatic heterocycles. The summed E-state index contributed by atoms with van der Waals surface area (Å²) in [6, 6.07) is 8.10. The monoisotopic (exact) mass is 371 g/mol. The maximum atomic E-state index is 12.9. The number of anilines is 1. The number of thiophene rings is 1. The number of benzene rings is 1. The van der Waals surface area contributed by atoms with Crippen molar-refractivity contribution < 1.29 is 17.9 Å². The Bertz CT molecular complexity index is 860. The Hall–Kier alpha value is -1.57. The molecule has 0 fully saturated rings. The second kappa shape index (κ2) is 6.14. The van der Waals surface area contributed by atoms with Crippen LogP contribution in [-0.2, 0) is 21.2 Å². The third-order valence-corrected chi connectivity index (χ3v) is 7.22. The number of methoxy groups -OCH3 is 1. The maximum Gasteiger partial charge on any atom is 0.338 e. The summed E-state index contributed by atoms with van der Waals surface area (Å²) in [5, 5.41) is 0. The molecular formula is C15H14ClNO4S2. The largest absolute Gasteiger partial charge is 0.465 e. The Balaban J connectivity index is 2.11. The summed E-state index contributed by atoms with van der Waals surface area (Å²) in [5.41, 5.74) is 1.65. The zero-order valence-electron chi connectivity index (χ0n) is 12.3. The molecule has 0 atom stereocenters. The van der Waals surface area contributed by atoms with E-state index in [2.05, 4.69) is 0 Å². The first kappa shape index (κ1) is 16.3. The number of halogens is 1. The smallest absolute Gasteiger partial charge is 0.338 e. The Morgan fingerprint density at radius 1 is 1.30 bits per heavy atom. The van der Waals surface area contributed by atoms with Crippen molar-refractivity contribution in [2.24, 2.45) is 0 Å². The molecule has 122 valence electrons. The summed E-state index contributed by atoms with van der Waals surface area (Å²) in [5.74, 6) is -0.458. The number of hydrogen-bond donors (Lipinski definition) is 0. The lowest BCUT2D eigenvalue weighted by molar-refractivity contribution is 0.0599. The molecule has 23 heavy (non-hydrogen) atoms. The molecule has 0 amide bonds. The van der Waals surface area contributed by atoms with E-state index in [0.29, 0.717) is 40.5 Å². The third-order valence-electron chi connectivity index (χ3n) is 3.71. The highest BCUT2D eigenvalue weighted by molar-refractivity contribution is 7.94. The minimum Gasteiger partial charge on any atom is -0.465 e. The van der Waals surface area contributed by atoms with Gasteiger partial charge in [0.15, 0.2) is 0 Å². The quantitative estimate of drug-likeness (QED) is 0.776. The van der Waals surface area contributed by atoms with Gasteiger partial charge in [-0.25, -0.2) is 13.2 Å². The van der Waals surface area contributed by atoms with Gasteiger partial charge >= 0.3 is 5.97 Å². The fourth-order valence-corrected chi connectivity index (χ4v) is 5.82. The number of nitrogens with zero attached hydrogens (tertiary/aromatic N) is 1. The number of rotatable bonds is 3. The number of sulfonamides is 1. The SMILES string of the molecule is COC(=O)c1cccc2c1CCCN2S(=O)(=O)c1ccc(Cl)s1. The lowest BCUT2D eigenvalue weighted by Crippen LogP contribution is -2.35. The molecule has 2 heterocycles. The molecule has 3 rings (SSSR count). The molecule has 0 aliphatic carbocycles. The highest BCUT2D eigenvalue weighted by atomic mass is 35.5. The fourth-order valence-electron chi connectivity index (χ4n) is 2.69. The number of hydrogen-bond acceptors (Lipinski definition) is 5. The van der Waals surface area contributed by atoms with Crippen LogP contribution in [0.3, 0.4) is 0 Å². The van der Waals surface area contributed by atoms with Crippen molar-refractivity contribution >= 4 is 44.6 Å². The standard InChI is InChI=1S/C15H14ClNO4S2/c1-21-15(18)11-4-2-6-12-10(11)5-3-9-17(12)23(19,20)14-8-7-13(16)22-14/h2,4,6-8H,3,5,9H2,1H3. The number of esters is 1. The number of ether oxygens (including phenoxy) is 1. The highest BCUT2D eigenvalue weighted by Crippen LogP contribution is 2.36. The predicted molar refractivity (Wildman–Crippen MR) is 90.0 cm³/mol. The molecule has 1 aliphatic rings. The Labute approximate surface area is 143 Å². The molecule has 0 radical (unpaired) electrons. The van der Waals surface area contributed by atoms with E-state index in [1.165, 1.54) is 17.5 Å². The Morgan fingerprint density at radius 3 is 2.74 bits per heavy atom. The van der Waals surface area contributed by atoms with Gasteiger partial charge in [0.05, 0.1) is 22.7 Å². The maximum absolute atomic E-state index is 12.9. The van der Waals surface area contributed by atoms with Crippen LogP contribution in [0.25, 0.3) is 0 Å².